The fourth-order valence-corrected chi connectivity index (χ4v) is 2.55. The Labute approximate surface area is 111 Å². The van der Waals surface area contributed by atoms with Gasteiger partial charge < -0.3 is 10.2 Å². The average Bonchev–Trinajstić information content (AvgIpc) is 2.66. The molecule has 1 aromatic carbocycles. The number of rotatable bonds is 3. The van der Waals surface area contributed by atoms with Crippen LogP contribution in [0.15, 0.2) is 18.2 Å². The number of nitrogens with one attached hydrogen (secondary N) is 1. The van der Waals surface area contributed by atoms with Crippen molar-refractivity contribution in [1.29, 1.82) is 0 Å². The number of hydrogen-bond acceptors (Lipinski definition) is 4. The van der Waals surface area contributed by atoms with E-state index >= 15 is 0 Å². The predicted molar refractivity (Wildman–Crippen MR) is 72.0 cm³/mol. The maximum atomic E-state index is 13.6. The summed E-state index contributed by atoms with van der Waals surface area (Å²) in [6.07, 6.45) is 2.89. The number of benzene rings is 1. The van der Waals surface area contributed by atoms with Crippen molar-refractivity contribution in [1.82, 2.24) is 5.32 Å². The highest BCUT2D eigenvalue weighted by atomic mass is 19.1. The number of para-hydroxylation sites is 1. The summed E-state index contributed by atoms with van der Waals surface area (Å²) in [4.78, 5) is 12.2. The minimum absolute atomic E-state index is 0.204. The number of halogens is 1. The van der Waals surface area contributed by atoms with Crippen LogP contribution >= 0.6 is 0 Å². The first-order valence-corrected chi connectivity index (χ1v) is 6.47. The lowest BCUT2D eigenvalue weighted by molar-refractivity contribution is -0.386. The Balaban J connectivity index is 2.29. The van der Waals surface area contributed by atoms with Gasteiger partial charge in [-0.2, -0.15) is 4.39 Å². The molecule has 5 nitrogen and oxygen atoms in total. The summed E-state index contributed by atoms with van der Waals surface area (Å²) in [6.45, 7) is 1.85. The minimum atomic E-state index is -0.777. The van der Waals surface area contributed by atoms with Crippen LogP contribution in [0.1, 0.15) is 19.3 Å². The topological polar surface area (TPSA) is 58.4 Å². The van der Waals surface area contributed by atoms with Crippen molar-refractivity contribution in [2.45, 2.75) is 25.3 Å². The molecule has 19 heavy (non-hydrogen) atoms. The van der Waals surface area contributed by atoms with E-state index in [1.54, 1.807) is 13.1 Å². The highest BCUT2D eigenvalue weighted by molar-refractivity contribution is 5.63. The van der Waals surface area contributed by atoms with E-state index in [0.29, 0.717) is 5.69 Å². The molecular formula is C13H18FN3O2. The molecule has 104 valence electrons. The van der Waals surface area contributed by atoms with E-state index in [0.717, 1.165) is 38.4 Å². The van der Waals surface area contributed by atoms with Crippen LogP contribution in [0.4, 0.5) is 15.8 Å². The Kier molecular flexibility index (Phi) is 4.31. The van der Waals surface area contributed by atoms with Crippen LogP contribution < -0.4 is 10.2 Å². The quantitative estimate of drug-likeness (QED) is 0.674. The zero-order chi connectivity index (χ0) is 13.8. The molecule has 1 N–H and O–H groups in total. The first kappa shape index (κ1) is 13.7. The molecule has 1 unspecified atom stereocenters. The largest absolute Gasteiger partial charge is 0.366 e. The molecule has 0 aliphatic carbocycles. The molecule has 0 radical (unpaired) electrons. The van der Waals surface area contributed by atoms with Crippen LogP contribution in [0.25, 0.3) is 0 Å². The molecule has 0 aromatic heterocycles. The highest BCUT2D eigenvalue weighted by Crippen LogP contribution is 2.32. The van der Waals surface area contributed by atoms with Gasteiger partial charge in [0.1, 0.15) is 5.69 Å². The van der Waals surface area contributed by atoms with E-state index in [1.165, 1.54) is 6.07 Å². The van der Waals surface area contributed by atoms with Gasteiger partial charge in [-0.05, 0) is 44.5 Å². The molecule has 1 aliphatic rings. The number of anilines is 1. The molecule has 2 rings (SSSR count). The fraction of sp³-hybridized carbons (Fsp3) is 0.538. The summed E-state index contributed by atoms with van der Waals surface area (Å²) in [6, 6.07) is 4.46. The summed E-state index contributed by atoms with van der Waals surface area (Å²) in [5.74, 6) is -0.777. The monoisotopic (exact) mass is 267 g/mol. The van der Waals surface area contributed by atoms with Crippen molar-refractivity contribution in [3.05, 3.63) is 34.1 Å². The van der Waals surface area contributed by atoms with Crippen LogP contribution in [0.2, 0.25) is 0 Å². The first-order valence-electron chi connectivity index (χ1n) is 6.47. The van der Waals surface area contributed by atoms with Crippen molar-refractivity contribution in [2.75, 3.05) is 25.0 Å². The third-order valence-corrected chi connectivity index (χ3v) is 3.62. The van der Waals surface area contributed by atoms with Gasteiger partial charge >= 0.3 is 5.69 Å². The van der Waals surface area contributed by atoms with E-state index in [4.69, 9.17) is 0 Å². The number of hydrogen-bond donors (Lipinski definition) is 1. The smallest absolute Gasteiger partial charge is 0.327 e. The van der Waals surface area contributed by atoms with Crippen molar-refractivity contribution >= 4 is 11.4 Å². The first-order chi connectivity index (χ1) is 9.11. The van der Waals surface area contributed by atoms with Crippen LogP contribution in [-0.2, 0) is 0 Å². The average molecular weight is 267 g/mol. The van der Waals surface area contributed by atoms with Gasteiger partial charge in [0.15, 0.2) is 0 Å². The number of nitro groups is 1. The van der Waals surface area contributed by atoms with Crippen molar-refractivity contribution < 1.29 is 9.31 Å². The second-order valence-corrected chi connectivity index (χ2v) is 4.81. The van der Waals surface area contributed by atoms with E-state index < -0.39 is 16.4 Å². The summed E-state index contributed by atoms with van der Waals surface area (Å²) < 4.78 is 13.6. The van der Waals surface area contributed by atoms with Crippen LogP contribution in [-0.4, -0.2) is 31.1 Å². The molecule has 1 fully saturated rings. The maximum absolute atomic E-state index is 13.6. The Morgan fingerprint density at radius 2 is 2.21 bits per heavy atom. The zero-order valence-electron chi connectivity index (χ0n) is 10.9. The van der Waals surface area contributed by atoms with E-state index in [2.05, 4.69) is 5.32 Å². The Bertz CT molecular complexity index is 459. The van der Waals surface area contributed by atoms with E-state index in [9.17, 15) is 14.5 Å². The SMILES string of the molecule is CN(c1cccc(F)c1[N+](=O)[O-])C1CCCNCC1. The van der Waals surface area contributed by atoms with Crippen LogP contribution in [0, 0.1) is 15.9 Å². The number of nitro benzene ring substituents is 1. The molecule has 1 heterocycles. The number of nitrogens with zero attached hydrogens (tertiary/aromatic N) is 2. The molecule has 0 amide bonds. The van der Waals surface area contributed by atoms with Crippen LogP contribution in [0.5, 0.6) is 0 Å². The summed E-state index contributed by atoms with van der Waals surface area (Å²) in [5.41, 5.74) is -0.0703. The van der Waals surface area contributed by atoms with Crippen molar-refractivity contribution in [2.24, 2.45) is 0 Å². The molecule has 6 heteroatoms. The Hall–Kier alpha value is -1.69. The van der Waals surface area contributed by atoms with E-state index in [1.807, 2.05) is 4.90 Å². The molecule has 1 aromatic rings. The standard InChI is InChI=1S/C13H18FN3O2/c1-16(10-4-3-8-15-9-7-10)12-6-2-5-11(14)13(12)17(18)19/h2,5-6,10,15H,3-4,7-9H2,1H3. The molecule has 1 saturated heterocycles. The van der Waals surface area contributed by atoms with Crippen LogP contribution in [0.3, 0.4) is 0 Å². The molecule has 0 saturated carbocycles. The van der Waals surface area contributed by atoms with Gasteiger partial charge in [-0.1, -0.05) is 6.07 Å². The van der Waals surface area contributed by atoms with Gasteiger partial charge in [0.2, 0.25) is 5.82 Å². The Morgan fingerprint density at radius 1 is 1.42 bits per heavy atom. The lowest BCUT2D eigenvalue weighted by Crippen LogP contribution is -2.33. The lowest BCUT2D eigenvalue weighted by Gasteiger charge is -2.28. The minimum Gasteiger partial charge on any atom is -0.366 e. The second kappa shape index (κ2) is 5.97. The van der Waals surface area contributed by atoms with Gasteiger partial charge in [0, 0.05) is 13.1 Å². The van der Waals surface area contributed by atoms with Gasteiger partial charge in [-0.15, -0.1) is 0 Å². The summed E-state index contributed by atoms with van der Waals surface area (Å²) in [5, 5.41) is 14.3. The molecule has 1 aliphatic heterocycles. The van der Waals surface area contributed by atoms with Gasteiger partial charge in [0.25, 0.3) is 0 Å². The maximum Gasteiger partial charge on any atom is 0.327 e. The van der Waals surface area contributed by atoms with Gasteiger partial charge in [-0.3, -0.25) is 10.1 Å². The third kappa shape index (κ3) is 3.01. The molecule has 0 spiro atoms. The second-order valence-electron chi connectivity index (χ2n) is 4.81. The van der Waals surface area contributed by atoms with Gasteiger partial charge in [-0.25, -0.2) is 0 Å². The lowest BCUT2D eigenvalue weighted by atomic mass is 10.1. The molecular weight excluding hydrogens is 249 g/mol. The fourth-order valence-electron chi connectivity index (χ4n) is 2.55. The summed E-state index contributed by atoms with van der Waals surface area (Å²) >= 11 is 0. The molecule has 1 atom stereocenters. The van der Waals surface area contributed by atoms with Gasteiger partial charge in [0.05, 0.1) is 4.92 Å². The normalized spacial score (nSPS) is 19.8. The molecule has 0 bridgehead atoms. The van der Waals surface area contributed by atoms with Crippen molar-refractivity contribution in [3.63, 3.8) is 0 Å². The highest BCUT2D eigenvalue weighted by Gasteiger charge is 2.26. The summed E-state index contributed by atoms with van der Waals surface area (Å²) in [7, 11) is 1.80. The third-order valence-electron chi connectivity index (χ3n) is 3.62. The zero-order valence-corrected chi connectivity index (χ0v) is 10.9. The predicted octanol–water partition coefficient (Wildman–Crippen LogP) is 2.31. The van der Waals surface area contributed by atoms with E-state index in [-0.39, 0.29) is 6.04 Å². The Morgan fingerprint density at radius 3 is 2.95 bits per heavy atom. The van der Waals surface area contributed by atoms with Crippen molar-refractivity contribution in [3.8, 4) is 0 Å².